The van der Waals surface area contributed by atoms with Crippen LogP contribution in [-0.4, -0.2) is 35.5 Å². The van der Waals surface area contributed by atoms with Crippen molar-refractivity contribution in [3.05, 3.63) is 72.3 Å². The Hall–Kier alpha value is -3.32. The summed E-state index contributed by atoms with van der Waals surface area (Å²) in [6.07, 6.45) is -0.271. The molecule has 2 aromatic rings. The van der Waals surface area contributed by atoms with Crippen molar-refractivity contribution < 1.29 is 29.3 Å². The molecule has 2 aromatic carbocycles. The standard InChI is InChI=1S/C19H19NO6/c1-25-16(11-12-17(22)23)18(13-7-9-15(21)10-8-13)26-19(24)20-14-5-3-2-4-6-14/h2-12,16,18,21H,1H3,(H,20,24)(H,22,23)/b12-11+/t16-,18-/m1/s1. The largest absolute Gasteiger partial charge is 0.508 e. The lowest BCUT2D eigenvalue weighted by Crippen LogP contribution is -2.27. The van der Waals surface area contributed by atoms with E-state index in [0.29, 0.717) is 11.3 Å². The molecule has 0 spiro atoms. The predicted molar refractivity (Wildman–Crippen MR) is 95.0 cm³/mol. The van der Waals surface area contributed by atoms with E-state index in [9.17, 15) is 14.7 Å². The summed E-state index contributed by atoms with van der Waals surface area (Å²) < 4.78 is 10.7. The average molecular weight is 357 g/mol. The summed E-state index contributed by atoms with van der Waals surface area (Å²) in [7, 11) is 1.38. The molecule has 2 atom stereocenters. The van der Waals surface area contributed by atoms with Gasteiger partial charge in [0.1, 0.15) is 11.9 Å². The van der Waals surface area contributed by atoms with E-state index >= 15 is 0 Å². The summed E-state index contributed by atoms with van der Waals surface area (Å²) in [5, 5.41) is 20.9. The van der Waals surface area contributed by atoms with Crippen molar-refractivity contribution in [2.24, 2.45) is 0 Å². The van der Waals surface area contributed by atoms with Crippen molar-refractivity contribution in [1.29, 1.82) is 0 Å². The summed E-state index contributed by atoms with van der Waals surface area (Å²) in [6.45, 7) is 0. The molecule has 136 valence electrons. The Morgan fingerprint density at radius 3 is 2.31 bits per heavy atom. The number of benzene rings is 2. The second-order valence-corrected chi connectivity index (χ2v) is 5.31. The number of amides is 1. The van der Waals surface area contributed by atoms with Crippen LogP contribution < -0.4 is 5.32 Å². The SMILES string of the molecule is CO[C@H](/C=C/C(=O)O)[C@H](OC(=O)Nc1ccccc1)c1ccc(O)cc1. The van der Waals surface area contributed by atoms with Gasteiger partial charge in [-0.15, -0.1) is 0 Å². The number of carboxylic acids is 1. The molecule has 2 rings (SSSR count). The molecule has 0 radical (unpaired) electrons. The van der Waals surface area contributed by atoms with Crippen LogP contribution in [0.3, 0.4) is 0 Å². The van der Waals surface area contributed by atoms with Gasteiger partial charge in [-0.05, 0) is 35.9 Å². The maximum absolute atomic E-state index is 12.2. The molecule has 0 unspecified atom stereocenters. The number of aliphatic carboxylic acids is 1. The maximum Gasteiger partial charge on any atom is 0.412 e. The number of aromatic hydroxyl groups is 1. The number of nitrogens with one attached hydrogen (secondary N) is 1. The Balaban J connectivity index is 2.22. The number of carbonyl (C=O) groups is 2. The molecule has 0 bridgehead atoms. The number of carboxylic acid groups (broad SMARTS) is 1. The quantitative estimate of drug-likeness (QED) is 0.657. The van der Waals surface area contributed by atoms with Crippen LogP contribution in [0, 0.1) is 0 Å². The maximum atomic E-state index is 12.2. The highest BCUT2D eigenvalue weighted by molar-refractivity contribution is 5.84. The van der Waals surface area contributed by atoms with Crippen LogP contribution in [0.2, 0.25) is 0 Å². The first kappa shape index (κ1) is 19.0. The van der Waals surface area contributed by atoms with E-state index in [1.54, 1.807) is 36.4 Å². The number of anilines is 1. The molecule has 0 saturated heterocycles. The highest BCUT2D eigenvalue weighted by atomic mass is 16.6. The highest BCUT2D eigenvalue weighted by Gasteiger charge is 2.26. The van der Waals surface area contributed by atoms with Crippen LogP contribution in [0.5, 0.6) is 5.75 Å². The number of para-hydroxylation sites is 1. The lowest BCUT2D eigenvalue weighted by molar-refractivity contribution is -0.131. The zero-order valence-electron chi connectivity index (χ0n) is 14.0. The molecular formula is C19H19NO6. The molecule has 0 aliphatic carbocycles. The Morgan fingerprint density at radius 1 is 1.08 bits per heavy atom. The number of hydrogen-bond acceptors (Lipinski definition) is 5. The van der Waals surface area contributed by atoms with Crippen molar-refractivity contribution in [1.82, 2.24) is 0 Å². The third-order valence-electron chi connectivity index (χ3n) is 3.47. The van der Waals surface area contributed by atoms with Gasteiger partial charge in [-0.3, -0.25) is 5.32 Å². The van der Waals surface area contributed by atoms with Gasteiger partial charge in [0.15, 0.2) is 6.10 Å². The second kappa shape index (κ2) is 9.24. The smallest absolute Gasteiger partial charge is 0.412 e. The van der Waals surface area contributed by atoms with Gasteiger partial charge >= 0.3 is 12.1 Å². The summed E-state index contributed by atoms with van der Waals surface area (Å²) in [6, 6.07) is 14.8. The van der Waals surface area contributed by atoms with Gasteiger partial charge in [0.2, 0.25) is 0 Å². The molecule has 0 aromatic heterocycles. The zero-order valence-corrected chi connectivity index (χ0v) is 14.0. The summed E-state index contributed by atoms with van der Waals surface area (Å²) in [5.41, 5.74) is 1.09. The molecule has 0 fully saturated rings. The average Bonchev–Trinajstić information content (AvgIpc) is 2.62. The molecule has 1 amide bonds. The normalized spacial score (nSPS) is 13.1. The summed E-state index contributed by atoms with van der Waals surface area (Å²) >= 11 is 0. The van der Waals surface area contributed by atoms with E-state index in [2.05, 4.69) is 5.32 Å². The Bertz CT molecular complexity index is 757. The third kappa shape index (κ3) is 5.64. The van der Waals surface area contributed by atoms with E-state index in [-0.39, 0.29) is 5.75 Å². The van der Waals surface area contributed by atoms with Crippen LogP contribution in [0.15, 0.2) is 66.7 Å². The van der Waals surface area contributed by atoms with E-state index < -0.39 is 24.3 Å². The van der Waals surface area contributed by atoms with Crippen LogP contribution in [0.4, 0.5) is 10.5 Å². The number of ether oxygens (including phenoxy) is 2. The summed E-state index contributed by atoms with van der Waals surface area (Å²) in [4.78, 5) is 23.0. The molecule has 26 heavy (non-hydrogen) atoms. The van der Waals surface area contributed by atoms with Gasteiger partial charge in [0.25, 0.3) is 0 Å². The fraction of sp³-hybridized carbons (Fsp3) is 0.158. The molecule has 7 nitrogen and oxygen atoms in total. The first-order chi connectivity index (χ1) is 12.5. The monoisotopic (exact) mass is 357 g/mol. The van der Waals surface area contributed by atoms with Crippen LogP contribution in [0.1, 0.15) is 11.7 Å². The van der Waals surface area contributed by atoms with Gasteiger partial charge in [-0.25, -0.2) is 9.59 Å². The third-order valence-corrected chi connectivity index (χ3v) is 3.47. The predicted octanol–water partition coefficient (Wildman–Crippen LogP) is 3.34. The van der Waals surface area contributed by atoms with Gasteiger partial charge in [0.05, 0.1) is 0 Å². The van der Waals surface area contributed by atoms with Crippen molar-refractivity contribution >= 4 is 17.7 Å². The molecule has 0 heterocycles. The van der Waals surface area contributed by atoms with Crippen LogP contribution in [0.25, 0.3) is 0 Å². The van der Waals surface area contributed by atoms with Gasteiger partial charge in [-0.1, -0.05) is 30.3 Å². The van der Waals surface area contributed by atoms with Gasteiger partial charge in [-0.2, -0.15) is 0 Å². The molecule has 0 aliphatic rings. The Morgan fingerprint density at radius 2 is 1.73 bits per heavy atom. The molecular weight excluding hydrogens is 338 g/mol. The van der Waals surface area contributed by atoms with Crippen molar-refractivity contribution in [3.8, 4) is 5.75 Å². The number of hydrogen-bond donors (Lipinski definition) is 3. The summed E-state index contributed by atoms with van der Waals surface area (Å²) in [5.74, 6) is -1.10. The fourth-order valence-corrected chi connectivity index (χ4v) is 2.25. The lowest BCUT2D eigenvalue weighted by Gasteiger charge is -2.24. The fourth-order valence-electron chi connectivity index (χ4n) is 2.25. The van der Waals surface area contributed by atoms with Crippen molar-refractivity contribution in [2.45, 2.75) is 12.2 Å². The van der Waals surface area contributed by atoms with E-state index in [4.69, 9.17) is 14.6 Å². The van der Waals surface area contributed by atoms with Crippen molar-refractivity contribution in [3.63, 3.8) is 0 Å². The van der Waals surface area contributed by atoms with Crippen molar-refractivity contribution in [2.75, 3.05) is 12.4 Å². The van der Waals surface area contributed by atoms with Gasteiger partial charge in [0, 0.05) is 18.9 Å². The lowest BCUT2D eigenvalue weighted by atomic mass is 10.0. The molecule has 7 heteroatoms. The van der Waals surface area contributed by atoms with E-state index in [1.807, 2.05) is 6.07 Å². The molecule has 3 N–H and O–H groups in total. The minimum absolute atomic E-state index is 0.0521. The highest BCUT2D eigenvalue weighted by Crippen LogP contribution is 2.26. The number of carbonyl (C=O) groups excluding carboxylic acids is 1. The topological polar surface area (TPSA) is 105 Å². The van der Waals surface area contributed by atoms with Crippen LogP contribution in [-0.2, 0) is 14.3 Å². The first-order valence-electron chi connectivity index (χ1n) is 7.75. The molecule has 0 aliphatic heterocycles. The molecule has 0 saturated carbocycles. The number of rotatable bonds is 7. The van der Waals surface area contributed by atoms with E-state index in [0.717, 1.165) is 6.08 Å². The van der Waals surface area contributed by atoms with E-state index in [1.165, 1.54) is 25.3 Å². The number of phenolic OH excluding ortho intramolecular Hbond substituents is 1. The number of phenols is 1. The zero-order chi connectivity index (χ0) is 18.9. The Labute approximate surface area is 150 Å². The minimum atomic E-state index is -1.15. The minimum Gasteiger partial charge on any atom is -0.508 e. The van der Waals surface area contributed by atoms with Crippen LogP contribution >= 0.6 is 0 Å². The number of methoxy groups -OCH3 is 1. The first-order valence-corrected chi connectivity index (χ1v) is 7.75. The second-order valence-electron chi connectivity index (χ2n) is 5.31. The van der Waals surface area contributed by atoms with Gasteiger partial charge < -0.3 is 19.7 Å². The Kier molecular flexibility index (Phi) is 6.75.